The summed E-state index contributed by atoms with van der Waals surface area (Å²) >= 11 is 0. The monoisotopic (exact) mass is 425 g/mol. The lowest BCUT2D eigenvalue weighted by Gasteiger charge is -2.28. The first-order valence-electron chi connectivity index (χ1n) is 10.5. The zero-order chi connectivity index (χ0) is 20.1. The highest BCUT2D eigenvalue weighted by molar-refractivity contribution is 5.87. The largest absolute Gasteiger partial charge is 0.369 e. The maximum absolute atomic E-state index is 12.4. The van der Waals surface area contributed by atoms with Gasteiger partial charge in [-0.15, -0.1) is 12.4 Å². The second kappa shape index (κ2) is 8.05. The van der Waals surface area contributed by atoms with Crippen LogP contribution in [-0.4, -0.2) is 35.3 Å². The smallest absolute Gasteiger partial charge is 0.222 e. The van der Waals surface area contributed by atoms with Crippen molar-refractivity contribution in [2.75, 3.05) is 6.54 Å². The molecule has 5 nitrogen and oxygen atoms in total. The van der Waals surface area contributed by atoms with Crippen LogP contribution in [0.15, 0.2) is 60.7 Å². The summed E-state index contributed by atoms with van der Waals surface area (Å²) in [5.41, 5.74) is 14.2. The number of carbonyl (C=O) groups excluding carboxylic acids is 2. The van der Waals surface area contributed by atoms with Crippen molar-refractivity contribution in [3.63, 3.8) is 0 Å². The highest BCUT2D eigenvalue weighted by atomic mass is 35.5. The van der Waals surface area contributed by atoms with E-state index in [0.717, 1.165) is 12.8 Å². The van der Waals surface area contributed by atoms with Crippen LogP contribution in [0.1, 0.15) is 35.8 Å². The van der Waals surface area contributed by atoms with E-state index in [1.165, 1.54) is 11.1 Å². The Morgan fingerprint density at radius 2 is 1.37 bits per heavy atom. The Hall–Kier alpha value is -2.37. The molecule has 0 aromatic heterocycles. The lowest BCUT2D eigenvalue weighted by Crippen LogP contribution is -2.43. The number of nitrogens with two attached hydrogens (primary N) is 2. The SMILES string of the molecule is Cl.NC(=O)C1CN(C2CC2c2ccccc2)C(C2CC2c2ccccc2)C1C(N)=O. The molecule has 0 bridgehead atoms. The molecule has 2 aromatic rings. The maximum Gasteiger partial charge on any atom is 0.222 e. The standard InChI is InChI=1S/C24H27N3O2.ClH/c25-23(28)19-13-27(20-12-17(20)15-9-5-2-6-10-15)22(21(19)24(26)29)18-11-16(18)14-7-3-1-4-8-14;/h1-10,16-22H,11-13H2,(H2,25,28)(H2,26,29);1H. The molecular formula is C24H28ClN3O2. The summed E-state index contributed by atoms with van der Waals surface area (Å²) < 4.78 is 0. The van der Waals surface area contributed by atoms with Crippen LogP contribution in [0.4, 0.5) is 0 Å². The van der Waals surface area contributed by atoms with Gasteiger partial charge in [-0.25, -0.2) is 0 Å². The molecular weight excluding hydrogens is 398 g/mol. The quantitative estimate of drug-likeness (QED) is 0.745. The number of likely N-dealkylation sites (tertiary alicyclic amines) is 1. The van der Waals surface area contributed by atoms with Crippen molar-refractivity contribution >= 4 is 24.2 Å². The van der Waals surface area contributed by atoms with E-state index in [2.05, 4.69) is 53.4 Å². The summed E-state index contributed by atoms with van der Waals surface area (Å²) in [6.45, 7) is 0.541. The number of hydrogen-bond acceptors (Lipinski definition) is 3. The van der Waals surface area contributed by atoms with Crippen molar-refractivity contribution in [2.45, 2.75) is 36.8 Å². The molecule has 1 aliphatic heterocycles. The van der Waals surface area contributed by atoms with Crippen molar-refractivity contribution in [2.24, 2.45) is 29.2 Å². The number of amides is 2. The Morgan fingerprint density at radius 1 is 0.800 bits per heavy atom. The average Bonchev–Trinajstić information content (AvgIpc) is 3.65. The molecule has 0 spiro atoms. The van der Waals surface area contributed by atoms with Crippen LogP contribution >= 0.6 is 12.4 Å². The molecule has 4 N–H and O–H groups in total. The van der Waals surface area contributed by atoms with Gasteiger partial charge < -0.3 is 11.5 Å². The van der Waals surface area contributed by atoms with E-state index in [1.54, 1.807) is 0 Å². The third kappa shape index (κ3) is 3.61. The lowest BCUT2D eigenvalue weighted by atomic mass is 9.86. The molecule has 2 saturated carbocycles. The molecule has 6 heteroatoms. The summed E-state index contributed by atoms with van der Waals surface area (Å²) in [5, 5.41) is 0. The summed E-state index contributed by atoms with van der Waals surface area (Å²) in [7, 11) is 0. The molecule has 2 amide bonds. The van der Waals surface area contributed by atoms with Crippen LogP contribution in [0.25, 0.3) is 0 Å². The van der Waals surface area contributed by atoms with E-state index < -0.39 is 23.7 Å². The predicted molar refractivity (Wildman–Crippen MR) is 118 cm³/mol. The molecule has 0 radical (unpaired) electrons. The van der Waals surface area contributed by atoms with Crippen molar-refractivity contribution < 1.29 is 9.59 Å². The Bertz CT molecular complexity index is 923. The maximum atomic E-state index is 12.4. The van der Waals surface area contributed by atoms with Crippen LogP contribution in [0.3, 0.4) is 0 Å². The van der Waals surface area contributed by atoms with Crippen LogP contribution in [0, 0.1) is 17.8 Å². The summed E-state index contributed by atoms with van der Waals surface area (Å²) in [6.07, 6.45) is 2.09. The van der Waals surface area contributed by atoms with Crippen LogP contribution < -0.4 is 11.5 Å². The predicted octanol–water partition coefficient (Wildman–Crippen LogP) is 2.66. The number of hydrogen-bond donors (Lipinski definition) is 2. The zero-order valence-electron chi connectivity index (χ0n) is 16.8. The molecule has 7 unspecified atom stereocenters. The molecule has 158 valence electrons. The molecule has 2 aromatic carbocycles. The highest BCUT2D eigenvalue weighted by Gasteiger charge is 2.61. The van der Waals surface area contributed by atoms with Crippen LogP contribution in [0.2, 0.25) is 0 Å². The van der Waals surface area contributed by atoms with Gasteiger partial charge in [-0.1, -0.05) is 60.7 Å². The van der Waals surface area contributed by atoms with Gasteiger partial charge in [0.15, 0.2) is 0 Å². The first-order chi connectivity index (χ1) is 14.1. The van der Waals surface area contributed by atoms with Gasteiger partial charge in [0.1, 0.15) is 0 Å². The Morgan fingerprint density at radius 3 is 1.90 bits per heavy atom. The number of nitrogens with zero attached hydrogens (tertiary/aromatic N) is 1. The fraction of sp³-hybridized carbons (Fsp3) is 0.417. The van der Waals surface area contributed by atoms with Crippen molar-refractivity contribution in [3.05, 3.63) is 71.8 Å². The Labute approximate surface area is 183 Å². The first kappa shape index (κ1) is 20.9. The molecule has 1 saturated heterocycles. The van der Waals surface area contributed by atoms with Gasteiger partial charge >= 0.3 is 0 Å². The average molecular weight is 426 g/mol. The number of carbonyl (C=O) groups is 2. The number of rotatable bonds is 6. The van der Waals surface area contributed by atoms with Crippen molar-refractivity contribution in [1.82, 2.24) is 4.90 Å². The molecule has 5 rings (SSSR count). The van der Waals surface area contributed by atoms with Gasteiger partial charge in [0, 0.05) is 24.5 Å². The molecule has 3 aliphatic rings. The van der Waals surface area contributed by atoms with Gasteiger partial charge in [0.25, 0.3) is 0 Å². The van der Waals surface area contributed by atoms with E-state index in [9.17, 15) is 9.59 Å². The van der Waals surface area contributed by atoms with Gasteiger partial charge in [-0.2, -0.15) is 0 Å². The van der Waals surface area contributed by atoms with E-state index >= 15 is 0 Å². The normalized spacial score (nSPS) is 34.7. The van der Waals surface area contributed by atoms with Gasteiger partial charge in [0.05, 0.1) is 11.8 Å². The number of primary amides is 2. The van der Waals surface area contributed by atoms with Gasteiger partial charge in [-0.3, -0.25) is 14.5 Å². The zero-order valence-corrected chi connectivity index (χ0v) is 17.6. The fourth-order valence-corrected chi connectivity index (χ4v) is 5.69. The lowest BCUT2D eigenvalue weighted by molar-refractivity contribution is -0.130. The highest BCUT2D eigenvalue weighted by Crippen LogP contribution is 2.58. The minimum Gasteiger partial charge on any atom is -0.369 e. The van der Waals surface area contributed by atoms with Crippen molar-refractivity contribution in [3.8, 4) is 0 Å². The van der Waals surface area contributed by atoms with E-state index in [4.69, 9.17) is 11.5 Å². The molecule has 3 fully saturated rings. The summed E-state index contributed by atoms with van der Waals surface area (Å²) in [5.74, 6) is -0.572. The van der Waals surface area contributed by atoms with Gasteiger partial charge in [0.2, 0.25) is 11.8 Å². The number of halogens is 1. The molecule has 7 atom stereocenters. The minimum absolute atomic E-state index is 0. The second-order valence-electron chi connectivity index (χ2n) is 8.86. The summed E-state index contributed by atoms with van der Waals surface area (Å²) in [4.78, 5) is 27.0. The topological polar surface area (TPSA) is 89.4 Å². The van der Waals surface area contributed by atoms with E-state index in [1.807, 2.05) is 12.1 Å². The molecule has 30 heavy (non-hydrogen) atoms. The summed E-state index contributed by atoms with van der Waals surface area (Å²) in [6, 6.07) is 21.3. The third-order valence-electron chi connectivity index (χ3n) is 7.20. The Balaban J connectivity index is 0.00000218. The van der Waals surface area contributed by atoms with E-state index in [-0.39, 0.29) is 18.4 Å². The number of benzene rings is 2. The Kier molecular flexibility index (Phi) is 5.60. The van der Waals surface area contributed by atoms with Crippen LogP contribution in [0.5, 0.6) is 0 Å². The third-order valence-corrected chi connectivity index (χ3v) is 7.20. The van der Waals surface area contributed by atoms with Crippen molar-refractivity contribution in [1.29, 1.82) is 0 Å². The fourth-order valence-electron chi connectivity index (χ4n) is 5.69. The van der Waals surface area contributed by atoms with E-state index in [0.29, 0.717) is 30.3 Å². The second-order valence-corrected chi connectivity index (χ2v) is 8.86. The van der Waals surface area contributed by atoms with Crippen LogP contribution in [-0.2, 0) is 9.59 Å². The minimum atomic E-state index is -0.497. The molecule has 2 aliphatic carbocycles. The first-order valence-corrected chi connectivity index (χ1v) is 10.5. The van der Waals surface area contributed by atoms with Gasteiger partial charge in [-0.05, 0) is 35.8 Å². The molecule has 1 heterocycles.